The van der Waals surface area contributed by atoms with Gasteiger partial charge < -0.3 is 11.1 Å². The molecule has 0 unspecified atom stereocenters. The maximum absolute atomic E-state index is 5.63. The van der Waals surface area contributed by atoms with Crippen molar-refractivity contribution in [3.8, 4) is 22.0 Å². The minimum atomic E-state index is 0.276. The number of nitrogens with two attached hydrogens (primary N) is 1. The summed E-state index contributed by atoms with van der Waals surface area (Å²) in [5.41, 5.74) is 10.4. The first-order chi connectivity index (χ1) is 13.2. The van der Waals surface area contributed by atoms with E-state index in [1.807, 2.05) is 35.0 Å². The molecule has 3 N–H and O–H groups in total. The zero-order chi connectivity index (χ0) is 18.8. The highest BCUT2D eigenvalue weighted by atomic mass is 32.1. The van der Waals surface area contributed by atoms with Gasteiger partial charge in [-0.15, -0.1) is 10.2 Å². The number of nitrogens with zero attached hydrogens (tertiary/aromatic N) is 5. The van der Waals surface area contributed by atoms with Crippen LogP contribution in [0.2, 0.25) is 0 Å². The van der Waals surface area contributed by atoms with Crippen molar-refractivity contribution in [1.29, 1.82) is 0 Å². The Morgan fingerprint density at radius 1 is 1.22 bits per heavy atom. The summed E-state index contributed by atoms with van der Waals surface area (Å²) in [6.07, 6.45) is 4.37. The molecular formula is C19H21N7S. The monoisotopic (exact) mass is 379 g/mol. The van der Waals surface area contributed by atoms with Gasteiger partial charge in [0, 0.05) is 30.5 Å². The Morgan fingerprint density at radius 3 is 2.93 bits per heavy atom. The van der Waals surface area contributed by atoms with Gasteiger partial charge in [-0.25, -0.2) is 4.52 Å². The van der Waals surface area contributed by atoms with Gasteiger partial charge >= 0.3 is 0 Å². The maximum atomic E-state index is 5.63. The first-order valence-electron chi connectivity index (χ1n) is 8.88. The van der Waals surface area contributed by atoms with E-state index >= 15 is 0 Å². The third-order valence-corrected chi connectivity index (χ3v) is 5.10. The van der Waals surface area contributed by atoms with Crippen molar-refractivity contribution in [2.24, 2.45) is 5.73 Å². The molecule has 4 rings (SSSR count). The fourth-order valence-electron chi connectivity index (χ4n) is 2.92. The third-order valence-electron chi connectivity index (χ3n) is 4.09. The number of pyridine rings is 1. The number of hydrogen-bond acceptors (Lipinski definition) is 7. The lowest BCUT2D eigenvalue weighted by atomic mass is 10.1. The molecule has 0 saturated heterocycles. The standard InChI is InChI=1S/C19H21N7S/c1-12(2)23-15-10-16(17-6-5-13-4-3-9-22-26(13)17)21-11-14(15)19-25-24-18(27-19)7-8-20/h3-6,9-12H,7-8,20H2,1-2H3,(H,21,23). The normalized spacial score (nSPS) is 11.4. The zero-order valence-corrected chi connectivity index (χ0v) is 16.1. The molecule has 0 aliphatic carbocycles. The van der Waals surface area contributed by atoms with Crippen LogP contribution >= 0.6 is 11.3 Å². The van der Waals surface area contributed by atoms with Crippen molar-refractivity contribution in [2.75, 3.05) is 11.9 Å². The summed E-state index contributed by atoms with van der Waals surface area (Å²) < 4.78 is 1.89. The van der Waals surface area contributed by atoms with Gasteiger partial charge in [-0.05, 0) is 50.7 Å². The summed E-state index contributed by atoms with van der Waals surface area (Å²) in [4.78, 5) is 4.68. The van der Waals surface area contributed by atoms with Crippen LogP contribution in [0.15, 0.2) is 42.7 Å². The van der Waals surface area contributed by atoms with E-state index in [-0.39, 0.29) is 6.04 Å². The second kappa shape index (κ2) is 7.42. The Balaban J connectivity index is 1.79. The number of fused-ring (bicyclic) bond motifs is 1. The number of rotatable bonds is 6. The van der Waals surface area contributed by atoms with Gasteiger partial charge in [-0.3, -0.25) is 4.98 Å². The largest absolute Gasteiger partial charge is 0.382 e. The average molecular weight is 379 g/mol. The molecule has 0 aliphatic rings. The van der Waals surface area contributed by atoms with E-state index in [0.717, 1.165) is 44.6 Å². The van der Waals surface area contributed by atoms with Crippen LogP contribution in [0, 0.1) is 0 Å². The molecule has 8 heteroatoms. The second-order valence-electron chi connectivity index (χ2n) is 6.53. The van der Waals surface area contributed by atoms with Gasteiger partial charge in [0.25, 0.3) is 0 Å². The average Bonchev–Trinajstić information content (AvgIpc) is 3.28. The molecule has 7 nitrogen and oxygen atoms in total. The lowest BCUT2D eigenvalue weighted by Crippen LogP contribution is -2.11. The highest BCUT2D eigenvalue weighted by molar-refractivity contribution is 7.14. The van der Waals surface area contributed by atoms with Crippen molar-refractivity contribution < 1.29 is 0 Å². The molecule has 0 aromatic carbocycles. The maximum Gasteiger partial charge on any atom is 0.151 e. The molecule has 27 heavy (non-hydrogen) atoms. The minimum absolute atomic E-state index is 0.276. The molecule has 0 spiro atoms. The Hall–Kier alpha value is -2.84. The first-order valence-corrected chi connectivity index (χ1v) is 9.70. The van der Waals surface area contributed by atoms with Crippen molar-refractivity contribution in [2.45, 2.75) is 26.3 Å². The van der Waals surface area contributed by atoms with Crippen LogP contribution < -0.4 is 11.1 Å². The highest BCUT2D eigenvalue weighted by Gasteiger charge is 2.15. The zero-order valence-electron chi connectivity index (χ0n) is 15.3. The summed E-state index contributed by atoms with van der Waals surface area (Å²) in [6, 6.07) is 10.4. The van der Waals surface area contributed by atoms with E-state index in [2.05, 4.69) is 45.5 Å². The Labute approximate surface area is 161 Å². The van der Waals surface area contributed by atoms with Crippen molar-refractivity contribution in [3.05, 3.63) is 47.7 Å². The number of nitrogens with one attached hydrogen (secondary N) is 1. The predicted octanol–water partition coefficient (Wildman–Crippen LogP) is 3.24. The van der Waals surface area contributed by atoms with E-state index < -0.39 is 0 Å². The smallest absolute Gasteiger partial charge is 0.151 e. The lowest BCUT2D eigenvalue weighted by Gasteiger charge is -2.14. The van der Waals surface area contributed by atoms with E-state index in [4.69, 9.17) is 5.73 Å². The number of hydrogen-bond donors (Lipinski definition) is 2. The SMILES string of the molecule is CC(C)Nc1cc(-c2ccc3cccnn23)ncc1-c1nnc(CCN)s1. The van der Waals surface area contributed by atoms with Gasteiger partial charge in [-0.1, -0.05) is 11.3 Å². The Bertz CT molecular complexity index is 1070. The molecule has 0 saturated carbocycles. The number of aromatic nitrogens is 5. The highest BCUT2D eigenvalue weighted by Crippen LogP contribution is 2.33. The second-order valence-corrected chi connectivity index (χ2v) is 7.59. The lowest BCUT2D eigenvalue weighted by molar-refractivity contribution is 0.897. The molecule has 0 aliphatic heterocycles. The fourth-order valence-corrected chi connectivity index (χ4v) is 3.80. The quantitative estimate of drug-likeness (QED) is 0.534. The van der Waals surface area contributed by atoms with E-state index in [0.29, 0.717) is 6.54 Å². The van der Waals surface area contributed by atoms with E-state index in [9.17, 15) is 0 Å². The predicted molar refractivity (Wildman–Crippen MR) is 109 cm³/mol. The van der Waals surface area contributed by atoms with Gasteiger partial charge in [0.15, 0.2) is 5.01 Å². The summed E-state index contributed by atoms with van der Waals surface area (Å²) in [7, 11) is 0. The van der Waals surface area contributed by atoms with Crippen LogP contribution in [0.1, 0.15) is 18.9 Å². The van der Waals surface area contributed by atoms with Crippen LogP contribution in [-0.2, 0) is 6.42 Å². The Morgan fingerprint density at radius 2 is 2.11 bits per heavy atom. The van der Waals surface area contributed by atoms with Gasteiger partial charge in [-0.2, -0.15) is 5.10 Å². The van der Waals surface area contributed by atoms with Gasteiger partial charge in [0.1, 0.15) is 5.01 Å². The van der Waals surface area contributed by atoms with Crippen molar-refractivity contribution in [1.82, 2.24) is 24.8 Å². The van der Waals surface area contributed by atoms with E-state index in [1.165, 1.54) is 0 Å². The summed E-state index contributed by atoms with van der Waals surface area (Å²) in [6.45, 7) is 4.79. The van der Waals surface area contributed by atoms with E-state index in [1.54, 1.807) is 17.5 Å². The van der Waals surface area contributed by atoms with Crippen LogP contribution in [0.4, 0.5) is 5.69 Å². The summed E-state index contributed by atoms with van der Waals surface area (Å²) >= 11 is 1.56. The molecule has 0 amide bonds. The molecule has 0 atom stereocenters. The fraction of sp³-hybridized carbons (Fsp3) is 0.263. The van der Waals surface area contributed by atoms with Crippen LogP contribution in [0.5, 0.6) is 0 Å². The molecule has 4 aromatic rings. The molecule has 4 heterocycles. The third kappa shape index (κ3) is 3.54. The molecule has 0 fully saturated rings. The molecule has 0 radical (unpaired) electrons. The molecule has 4 aromatic heterocycles. The Kier molecular flexibility index (Phi) is 4.83. The van der Waals surface area contributed by atoms with Crippen LogP contribution in [0.25, 0.3) is 27.5 Å². The van der Waals surface area contributed by atoms with Gasteiger partial charge in [0.2, 0.25) is 0 Å². The summed E-state index contributed by atoms with van der Waals surface area (Å²) in [5, 5.41) is 18.3. The first kappa shape index (κ1) is 17.6. The van der Waals surface area contributed by atoms with Crippen LogP contribution in [0.3, 0.4) is 0 Å². The van der Waals surface area contributed by atoms with Gasteiger partial charge in [0.05, 0.1) is 22.5 Å². The summed E-state index contributed by atoms with van der Waals surface area (Å²) in [5.74, 6) is 0. The molecule has 138 valence electrons. The minimum Gasteiger partial charge on any atom is -0.382 e. The van der Waals surface area contributed by atoms with Crippen LogP contribution in [-0.4, -0.2) is 37.4 Å². The molecular weight excluding hydrogens is 358 g/mol. The van der Waals surface area contributed by atoms with Crippen molar-refractivity contribution in [3.63, 3.8) is 0 Å². The topological polar surface area (TPSA) is 94.0 Å². The number of anilines is 1. The van der Waals surface area contributed by atoms with Crippen molar-refractivity contribution >= 4 is 22.5 Å². The molecule has 0 bridgehead atoms.